The molecule has 114 valence electrons. The first-order valence-corrected chi connectivity index (χ1v) is 7.12. The van der Waals surface area contributed by atoms with Crippen molar-refractivity contribution in [2.24, 2.45) is 5.92 Å². The van der Waals surface area contributed by atoms with Crippen LogP contribution in [0.5, 0.6) is 0 Å². The zero-order valence-electron chi connectivity index (χ0n) is 11.2. The Morgan fingerprint density at radius 2 is 2.38 bits per heavy atom. The standard InChI is InChI=1S/C12H14BrN3O5/c1-2-15(10-6-21-5-8(10)12(17)18)11-9(13)3-7(4-14-11)16(19)20/h3-4,8,10H,2,5-6H2,1H3,(H,17,18). The van der Waals surface area contributed by atoms with Crippen molar-refractivity contribution >= 4 is 33.4 Å². The fourth-order valence-corrected chi connectivity index (χ4v) is 2.92. The molecule has 0 saturated carbocycles. The lowest BCUT2D eigenvalue weighted by Gasteiger charge is -2.30. The minimum Gasteiger partial charge on any atom is -0.481 e. The number of aliphatic carboxylic acids is 1. The predicted octanol–water partition coefficient (Wildman–Crippen LogP) is 1.68. The van der Waals surface area contributed by atoms with Gasteiger partial charge in [0, 0.05) is 12.6 Å². The molecule has 2 rings (SSSR count). The van der Waals surface area contributed by atoms with Gasteiger partial charge in [-0.3, -0.25) is 14.9 Å². The Labute approximate surface area is 129 Å². The summed E-state index contributed by atoms with van der Waals surface area (Å²) in [6, 6.07) is 1.01. The van der Waals surface area contributed by atoms with Crippen molar-refractivity contribution in [2.75, 3.05) is 24.7 Å². The highest BCUT2D eigenvalue weighted by atomic mass is 79.9. The van der Waals surface area contributed by atoms with E-state index in [0.29, 0.717) is 16.8 Å². The quantitative estimate of drug-likeness (QED) is 0.629. The summed E-state index contributed by atoms with van der Waals surface area (Å²) in [7, 11) is 0. The third-order valence-corrected chi connectivity index (χ3v) is 3.98. The van der Waals surface area contributed by atoms with Gasteiger partial charge in [-0.2, -0.15) is 0 Å². The third kappa shape index (κ3) is 3.13. The normalized spacial score (nSPS) is 21.2. The number of nitro groups is 1. The molecule has 1 N–H and O–H groups in total. The number of halogens is 1. The van der Waals surface area contributed by atoms with Gasteiger partial charge in [-0.1, -0.05) is 0 Å². The Kier molecular flexibility index (Phi) is 4.73. The average molecular weight is 360 g/mol. The predicted molar refractivity (Wildman–Crippen MR) is 77.3 cm³/mol. The summed E-state index contributed by atoms with van der Waals surface area (Å²) in [5.41, 5.74) is -0.126. The number of pyridine rings is 1. The molecule has 0 bridgehead atoms. The van der Waals surface area contributed by atoms with Crippen molar-refractivity contribution in [3.8, 4) is 0 Å². The van der Waals surface area contributed by atoms with E-state index in [1.54, 1.807) is 4.90 Å². The van der Waals surface area contributed by atoms with Crippen LogP contribution in [0.4, 0.5) is 11.5 Å². The SMILES string of the molecule is CCN(c1ncc([N+](=O)[O-])cc1Br)C1COCC1C(=O)O. The number of aromatic nitrogens is 1. The molecule has 1 saturated heterocycles. The topological polar surface area (TPSA) is 106 Å². The van der Waals surface area contributed by atoms with Crippen LogP contribution in [0.25, 0.3) is 0 Å². The maximum Gasteiger partial charge on any atom is 0.311 e. The van der Waals surface area contributed by atoms with E-state index in [9.17, 15) is 20.0 Å². The number of ether oxygens (including phenoxy) is 1. The Morgan fingerprint density at radius 1 is 1.67 bits per heavy atom. The molecule has 21 heavy (non-hydrogen) atoms. The molecule has 0 aromatic carbocycles. The van der Waals surface area contributed by atoms with E-state index in [4.69, 9.17) is 4.74 Å². The summed E-state index contributed by atoms with van der Waals surface area (Å²) in [6.07, 6.45) is 1.16. The van der Waals surface area contributed by atoms with E-state index in [0.717, 1.165) is 6.20 Å². The van der Waals surface area contributed by atoms with Crippen LogP contribution in [0.1, 0.15) is 6.92 Å². The van der Waals surface area contributed by atoms with Crippen molar-refractivity contribution < 1.29 is 19.6 Å². The smallest absolute Gasteiger partial charge is 0.311 e. The summed E-state index contributed by atoms with van der Waals surface area (Å²) in [6.45, 7) is 2.82. The van der Waals surface area contributed by atoms with Crippen LogP contribution < -0.4 is 4.90 Å². The number of carboxylic acids is 1. The van der Waals surface area contributed by atoms with Gasteiger partial charge in [0.1, 0.15) is 17.9 Å². The maximum absolute atomic E-state index is 11.3. The molecule has 9 heteroatoms. The van der Waals surface area contributed by atoms with Crippen LogP contribution in [0.3, 0.4) is 0 Å². The van der Waals surface area contributed by atoms with Crippen molar-refractivity contribution in [2.45, 2.75) is 13.0 Å². The van der Waals surface area contributed by atoms with Gasteiger partial charge in [-0.05, 0) is 22.9 Å². The van der Waals surface area contributed by atoms with Gasteiger partial charge in [-0.15, -0.1) is 0 Å². The zero-order chi connectivity index (χ0) is 15.6. The maximum atomic E-state index is 11.3. The number of hydrogen-bond acceptors (Lipinski definition) is 6. The molecular weight excluding hydrogens is 346 g/mol. The van der Waals surface area contributed by atoms with Crippen LogP contribution >= 0.6 is 15.9 Å². The molecule has 2 atom stereocenters. The molecule has 1 fully saturated rings. The van der Waals surface area contributed by atoms with Gasteiger partial charge in [0.2, 0.25) is 0 Å². The Balaban J connectivity index is 2.33. The fraction of sp³-hybridized carbons (Fsp3) is 0.500. The Bertz CT molecular complexity index is 568. The van der Waals surface area contributed by atoms with Crippen molar-refractivity contribution in [3.63, 3.8) is 0 Å². The van der Waals surface area contributed by atoms with Crippen molar-refractivity contribution in [3.05, 3.63) is 26.9 Å². The third-order valence-electron chi connectivity index (χ3n) is 3.40. The number of carboxylic acid groups (broad SMARTS) is 1. The van der Waals surface area contributed by atoms with E-state index < -0.39 is 16.8 Å². The van der Waals surface area contributed by atoms with Crippen LogP contribution in [-0.4, -0.2) is 46.8 Å². The summed E-state index contributed by atoms with van der Waals surface area (Å²) in [5, 5.41) is 20.0. The van der Waals surface area contributed by atoms with Gasteiger partial charge in [0.25, 0.3) is 5.69 Å². The van der Waals surface area contributed by atoms with E-state index in [-0.39, 0.29) is 24.9 Å². The monoisotopic (exact) mass is 359 g/mol. The molecule has 2 heterocycles. The molecule has 2 unspecified atom stereocenters. The van der Waals surface area contributed by atoms with E-state index >= 15 is 0 Å². The van der Waals surface area contributed by atoms with E-state index in [2.05, 4.69) is 20.9 Å². The van der Waals surface area contributed by atoms with E-state index in [1.807, 2.05) is 6.92 Å². The van der Waals surface area contributed by atoms with Crippen LogP contribution in [0.2, 0.25) is 0 Å². The van der Waals surface area contributed by atoms with Gasteiger partial charge >= 0.3 is 5.97 Å². The second-order valence-corrected chi connectivity index (χ2v) is 5.45. The number of rotatable bonds is 5. The summed E-state index contributed by atoms with van der Waals surface area (Å²) >= 11 is 3.26. The average Bonchev–Trinajstić information content (AvgIpc) is 2.90. The molecule has 0 spiro atoms. The first kappa shape index (κ1) is 15.6. The van der Waals surface area contributed by atoms with Gasteiger partial charge in [0.15, 0.2) is 0 Å². The summed E-state index contributed by atoms with van der Waals surface area (Å²) in [4.78, 5) is 27.4. The summed E-state index contributed by atoms with van der Waals surface area (Å²) < 4.78 is 5.72. The zero-order valence-corrected chi connectivity index (χ0v) is 12.8. The minimum atomic E-state index is -0.922. The highest BCUT2D eigenvalue weighted by molar-refractivity contribution is 9.10. The molecule has 0 amide bonds. The molecule has 1 aromatic rings. The second kappa shape index (κ2) is 6.35. The Hall–Kier alpha value is -1.74. The van der Waals surface area contributed by atoms with E-state index in [1.165, 1.54) is 6.07 Å². The first-order valence-electron chi connectivity index (χ1n) is 6.32. The second-order valence-electron chi connectivity index (χ2n) is 4.59. The number of carbonyl (C=O) groups is 1. The molecule has 1 aromatic heterocycles. The van der Waals surface area contributed by atoms with Crippen molar-refractivity contribution in [1.29, 1.82) is 0 Å². The fourth-order valence-electron chi connectivity index (χ4n) is 2.36. The molecule has 0 radical (unpaired) electrons. The molecule has 1 aliphatic rings. The number of hydrogen-bond donors (Lipinski definition) is 1. The highest BCUT2D eigenvalue weighted by Gasteiger charge is 2.38. The lowest BCUT2D eigenvalue weighted by molar-refractivity contribution is -0.385. The van der Waals surface area contributed by atoms with Crippen LogP contribution in [0, 0.1) is 16.0 Å². The number of anilines is 1. The minimum absolute atomic E-state index is 0.126. The lowest BCUT2D eigenvalue weighted by Crippen LogP contribution is -2.43. The van der Waals surface area contributed by atoms with Crippen LogP contribution in [-0.2, 0) is 9.53 Å². The highest BCUT2D eigenvalue weighted by Crippen LogP contribution is 2.31. The molecule has 0 aliphatic carbocycles. The van der Waals surface area contributed by atoms with Crippen molar-refractivity contribution in [1.82, 2.24) is 4.98 Å². The van der Waals surface area contributed by atoms with Gasteiger partial charge in [0.05, 0.1) is 28.7 Å². The van der Waals surface area contributed by atoms with Crippen LogP contribution in [0.15, 0.2) is 16.7 Å². The largest absolute Gasteiger partial charge is 0.481 e. The molecule has 1 aliphatic heterocycles. The number of likely N-dealkylation sites (N-methyl/N-ethyl adjacent to an activating group) is 1. The molecular formula is C12H14BrN3O5. The molecule has 8 nitrogen and oxygen atoms in total. The first-order chi connectivity index (χ1) is 9.95. The Morgan fingerprint density at radius 3 is 2.90 bits per heavy atom. The summed E-state index contributed by atoms with van der Waals surface area (Å²) in [5.74, 6) is -1.09. The lowest BCUT2D eigenvalue weighted by atomic mass is 10.0. The van der Waals surface area contributed by atoms with Gasteiger partial charge in [-0.25, -0.2) is 4.98 Å². The number of nitrogens with zero attached hydrogens (tertiary/aromatic N) is 3. The van der Waals surface area contributed by atoms with Gasteiger partial charge < -0.3 is 14.7 Å².